The van der Waals surface area contributed by atoms with Crippen molar-refractivity contribution in [1.82, 2.24) is 15.2 Å². The van der Waals surface area contributed by atoms with E-state index in [9.17, 15) is 4.79 Å². The lowest BCUT2D eigenvalue weighted by atomic mass is 9.79. The topological polar surface area (TPSA) is 91.4 Å². The van der Waals surface area contributed by atoms with Crippen molar-refractivity contribution in [3.05, 3.63) is 41.8 Å². The summed E-state index contributed by atoms with van der Waals surface area (Å²) in [5.74, 6) is 1.08. The van der Waals surface area contributed by atoms with E-state index < -0.39 is 0 Å². The minimum absolute atomic E-state index is 0.000133. The molecule has 0 unspecified atom stereocenters. The molecular weight excluding hydrogens is 332 g/mol. The number of fused-ring (bicyclic) bond motifs is 3. The van der Waals surface area contributed by atoms with Crippen LogP contribution in [0.25, 0.3) is 0 Å². The van der Waals surface area contributed by atoms with Gasteiger partial charge in [0, 0.05) is 17.6 Å². The molecule has 1 N–H and O–H groups in total. The van der Waals surface area contributed by atoms with Crippen LogP contribution in [0.3, 0.4) is 0 Å². The Morgan fingerprint density at radius 3 is 2.69 bits per heavy atom. The van der Waals surface area contributed by atoms with Crippen LogP contribution in [0, 0.1) is 17.2 Å². The van der Waals surface area contributed by atoms with Crippen LogP contribution >= 0.6 is 0 Å². The number of nitrogens with one attached hydrogen (secondary N) is 1. The average Bonchev–Trinajstić information content (AvgIpc) is 3.13. The average molecular weight is 352 g/mol. The smallest absolute Gasteiger partial charge is 0.400 e. The van der Waals surface area contributed by atoms with E-state index in [4.69, 9.17) is 14.4 Å². The van der Waals surface area contributed by atoms with Crippen LogP contribution in [0.2, 0.25) is 0 Å². The zero-order valence-corrected chi connectivity index (χ0v) is 14.5. The molecule has 0 spiro atoms. The molecule has 3 saturated heterocycles. The first-order valence-electron chi connectivity index (χ1n) is 8.83. The third-order valence-corrected chi connectivity index (χ3v) is 5.39. The summed E-state index contributed by atoms with van der Waals surface area (Å²) in [5, 5.41) is 11.9. The second-order valence-corrected chi connectivity index (χ2v) is 6.84. The number of piperidine rings is 3. The molecule has 7 heteroatoms. The molecule has 2 atom stereocenters. The van der Waals surface area contributed by atoms with Gasteiger partial charge < -0.3 is 14.5 Å². The summed E-state index contributed by atoms with van der Waals surface area (Å²) >= 11 is 0. The van der Waals surface area contributed by atoms with Crippen LogP contribution in [-0.4, -0.2) is 41.0 Å². The molecule has 3 fully saturated rings. The van der Waals surface area contributed by atoms with Crippen LogP contribution in [0.4, 0.5) is 0 Å². The standard InChI is InChI=1S/C19H20N4O3/c1-12-17(13-6-8-23(12)9-7-13)22-18(24)14-2-4-15(5-3-14)25-19-21-11-16(10-20)26-19/h2-5,11-13,17H,6-9H2,1H3,(H,22,24)/t12-,17-/m0/s1. The maximum Gasteiger partial charge on any atom is 0.400 e. The number of carbonyl (C=O) groups is 1. The molecule has 1 amide bonds. The highest BCUT2D eigenvalue weighted by Crippen LogP contribution is 2.32. The molecule has 0 saturated carbocycles. The summed E-state index contributed by atoms with van der Waals surface area (Å²) in [6, 6.07) is 9.23. The molecule has 26 heavy (non-hydrogen) atoms. The van der Waals surface area contributed by atoms with Crippen molar-refractivity contribution < 1.29 is 13.9 Å². The zero-order valence-electron chi connectivity index (χ0n) is 14.5. The molecule has 0 radical (unpaired) electrons. The molecule has 1 aromatic carbocycles. The Labute approximate surface area is 151 Å². The number of hydrogen-bond donors (Lipinski definition) is 1. The van der Waals surface area contributed by atoms with Gasteiger partial charge in [0.2, 0.25) is 5.76 Å². The Balaban J connectivity index is 1.40. The largest absolute Gasteiger partial charge is 0.411 e. The normalized spacial score (nSPS) is 26.9. The van der Waals surface area contributed by atoms with Crippen molar-refractivity contribution in [2.45, 2.75) is 31.8 Å². The number of hydrogen-bond acceptors (Lipinski definition) is 6. The van der Waals surface area contributed by atoms with Crippen molar-refractivity contribution in [1.29, 1.82) is 5.26 Å². The predicted octanol–water partition coefficient (Wildman–Crippen LogP) is 2.55. The number of nitrogens with zero attached hydrogens (tertiary/aromatic N) is 3. The first-order chi connectivity index (χ1) is 12.6. The van der Waals surface area contributed by atoms with Gasteiger partial charge in [-0.25, -0.2) is 0 Å². The summed E-state index contributed by atoms with van der Waals surface area (Å²) in [7, 11) is 0. The Hall–Kier alpha value is -2.85. The van der Waals surface area contributed by atoms with E-state index in [1.165, 1.54) is 6.20 Å². The van der Waals surface area contributed by atoms with Crippen molar-refractivity contribution in [3.63, 3.8) is 0 Å². The van der Waals surface area contributed by atoms with Crippen molar-refractivity contribution in [3.8, 4) is 17.9 Å². The number of ether oxygens (including phenoxy) is 1. The summed E-state index contributed by atoms with van der Waals surface area (Å²) in [6.07, 6.45) is 3.61. The summed E-state index contributed by atoms with van der Waals surface area (Å²) in [4.78, 5) is 18.9. The number of aromatic nitrogens is 1. The molecule has 4 heterocycles. The number of oxazole rings is 1. The minimum Gasteiger partial charge on any atom is -0.411 e. The number of carbonyl (C=O) groups excluding carboxylic acids is 1. The number of rotatable bonds is 4. The molecule has 134 valence electrons. The third kappa shape index (κ3) is 3.16. The molecule has 3 aliphatic heterocycles. The summed E-state index contributed by atoms with van der Waals surface area (Å²) < 4.78 is 10.5. The number of amides is 1. The minimum atomic E-state index is -0.0648. The Morgan fingerprint density at radius 1 is 1.35 bits per heavy atom. The lowest BCUT2D eigenvalue weighted by Gasteiger charge is -2.49. The van der Waals surface area contributed by atoms with Gasteiger partial charge in [-0.1, -0.05) is 0 Å². The lowest BCUT2D eigenvalue weighted by Crippen LogP contribution is -2.62. The van der Waals surface area contributed by atoms with E-state index in [1.807, 2.05) is 6.07 Å². The molecule has 2 aromatic rings. The van der Waals surface area contributed by atoms with Crippen LogP contribution in [0.15, 0.2) is 34.9 Å². The maximum absolute atomic E-state index is 12.6. The van der Waals surface area contributed by atoms with Gasteiger partial charge in [-0.05, 0) is 63.0 Å². The van der Waals surface area contributed by atoms with Gasteiger partial charge in [0.15, 0.2) is 0 Å². The van der Waals surface area contributed by atoms with Gasteiger partial charge in [0.25, 0.3) is 5.91 Å². The van der Waals surface area contributed by atoms with E-state index in [2.05, 4.69) is 22.1 Å². The second-order valence-electron chi connectivity index (χ2n) is 6.84. The van der Waals surface area contributed by atoms with Gasteiger partial charge in [0.1, 0.15) is 11.8 Å². The summed E-state index contributed by atoms with van der Waals surface area (Å²) in [5.41, 5.74) is 0.589. The SMILES string of the molecule is C[C@H]1[C@H](NC(=O)c2ccc(Oc3ncc(C#N)o3)cc2)C2CCN1CC2. The molecule has 7 nitrogen and oxygen atoms in total. The van der Waals surface area contributed by atoms with E-state index in [-0.39, 0.29) is 23.8 Å². The Bertz CT molecular complexity index is 829. The van der Waals surface area contributed by atoms with Crippen LogP contribution < -0.4 is 10.1 Å². The van der Waals surface area contributed by atoms with Crippen molar-refractivity contribution in [2.24, 2.45) is 5.92 Å². The van der Waals surface area contributed by atoms with Crippen LogP contribution in [0.1, 0.15) is 35.9 Å². The van der Waals surface area contributed by atoms with Gasteiger partial charge >= 0.3 is 6.08 Å². The van der Waals surface area contributed by atoms with Gasteiger partial charge in [-0.3, -0.25) is 9.69 Å². The monoisotopic (exact) mass is 352 g/mol. The lowest BCUT2D eigenvalue weighted by molar-refractivity contribution is 0.0217. The number of nitriles is 1. The maximum atomic E-state index is 12.6. The molecule has 1 aromatic heterocycles. The molecule has 3 aliphatic rings. The third-order valence-electron chi connectivity index (χ3n) is 5.39. The molecule has 2 bridgehead atoms. The first-order valence-corrected chi connectivity index (χ1v) is 8.83. The van der Waals surface area contributed by atoms with E-state index in [0.29, 0.717) is 23.3 Å². The first kappa shape index (κ1) is 16.6. The number of benzene rings is 1. The highest BCUT2D eigenvalue weighted by molar-refractivity contribution is 5.94. The second kappa shape index (κ2) is 6.81. The fraction of sp³-hybridized carbons (Fsp3) is 0.421. The van der Waals surface area contributed by atoms with Crippen LogP contribution in [-0.2, 0) is 0 Å². The fourth-order valence-corrected chi connectivity index (χ4v) is 3.91. The molecule has 0 aliphatic carbocycles. The van der Waals surface area contributed by atoms with Gasteiger partial charge in [-0.2, -0.15) is 10.2 Å². The summed E-state index contributed by atoms with van der Waals surface area (Å²) in [6.45, 7) is 4.47. The molecule has 5 rings (SSSR count). The predicted molar refractivity (Wildman–Crippen MR) is 92.7 cm³/mol. The highest BCUT2D eigenvalue weighted by Gasteiger charge is 2.40. The van der Waals surface area contributed by atoms with Crippen molar-refractivity contribution in [2.75, 3.05) is 13.1 Å². The van der Waals surface area contributed by atoms with E-state index >= 15 is 0 Å². The molecular formula is C19H20N4O3. The van der Waals surface area contributed by atoms with Crippen molar-refractivity contribution >= 4 is 5.91 Å². The quantitative estimate of drug-likeness (QED) is 0.909. The highest BCUT2D eigenvalue weighted by atomic mass is 16.6. The van der Waals surface area contributed by atoms with Gasteiger partial charge in [0.05, 0.1) is 6.20 Å². The fourth-order valence-electron chi connectivity index (χ4n) is 3.91. The van der Waals surface area contributed by atoms with E-state index in [0.717, 1.165) is 25.9 Å². The zero-order chi connectivity index (χ0) is 18.1. The van der Waals surface area contributed by atoms with E-state index in [1.54, 1.807) is 24.3 Å². The Morgan fingerprint density at radius 2 is 2.08 bits per heavy atom. The Kier molecular flexibility index (Phi) is 4.35. The van der Waals surface area contributed by atoms with Crippen LogP contribution in [0.5, 0.6) is 11.8 Å². The van der Waals surface area contributed by atoms with Gasteiger partial charge in [-0.15, -0.1) is 0 Å².